The van der Waals surface area contributed by atoms with E-state index in [1.165, 1.54) is 25.1 Å². The predicted octanol–water partition coefficient (Wildman–Crippen LogP) is 2.75. The van der Waals surface area contributed by atoms with Gasteiger partial charge in [-0.1, -0.05) is 35.3 Å². The summed E-state index contributed by atoms with van der Waals surface area (Å²) in [4.78, 5) is 35.2. The average molecular weight is 395 g/mol. The number of halogens is 2. The predicted molar refractivity (Wildman–Crippen MR) is 98.4 cm³/mol. The molecule has 0 aromatic heterocycles. The van der Waals surface area contributed by atoms with Crippen LogP contribution < -0.4 is 15.8 Å². The summed E-state index contributed by atoms with van der Waals surface area (Å²) < 4.78 is 4.94. The third-order valence-electron chi connectivity index (χ3n) is 3.48. The van der Waals surface area contributed by atoms with E-state index in [2.05, 4.69) is 5.32 Å². The lowest BCUT2D eigenvalue weighted by Crippen LogP contribution is -2.46. The molecule has 0 fully saturated rings. The number of rotatable bonds is 6. The molecule has 136 valence electrons. The lowest BCUT2D eigenvalue weighted by molar-refractivity contribution is -0.131. The van der Waals surface area contributed by atoms with Crippen LogP contribution in [0.2, 0.25) is 10.0 Å². The van der Waals surface area contributed by atoms with Gasteiger partial charge in [0, 0.05) is 29.0 Å². The number of primary amides is 1. The third kappa shape index (κ3) is 5.21. The largest absolute Gasteiger partial charge is 0.427 e. The normalized spacial score (nSPS) is 11.5. The van der Waals surface area contributed by atoms with Gasteiger partial charge in [0.15, 0.2) is 0 Å². The van der Waals surface area contributed by atoms with Crippen LogP contribution in [0.5, 0.6) is 5.75 Å². The molecular formula is C18H16Cl2N2O4. The molecule has 2 rings (SSSR count). The lowest BCUT2D eigenvalue weighted by atomic mass is 10.0. The molecule has 0 radical (unpaired) electrons. The smallest absolute Gasteiger partial charge is 0.308 e. The lowest BCUT2D eigenvalue weighted by Gasteiger charge is -2.17. The molecule has 0 bridgehead atoms. The average Bonchev–Trinajstić information content (AvgIpc) is 2.56. The number of nitrogens with one attached hydrogen (secondary N) is 1. The fraction of sp³-hybridized carbons (Fsp3) is 0.167. The Labute approximate surface area is 160 Å². The second-order valence-electron chi connectivity index (χ2n) is 5.45. The molecule has 26 heavy (non-hydrogen) atoms. The Morgan fingerprint density at radius 1 is 1.12 bits per heavy atom. The van der Waals surface area contributed by atoms with Crippen LogP contribution in [0.25, 0.3) is 0 Å². The first kappa shape index (κ1) is 19.8. The number of benzene rings is 2. The van der Waals surface area contributed by atoms with Gasteiger partial charge in [-0.25, -0.2) is 0 Å². The SMILES string of the molecule is CC(=O)Oc1cccc(C(=O)N[C@@H](Cc2c(Cl)cccc2Cl)C(N)=O)c1. The van der Waals surface area contributed by atoms with Crippen molar-refractivity contribution in [3.05, 3.63) is 63.6 Å². The van der Waals surface area contributed by atoms with Gasteiger partial charge in [0.25, 0.3) is 5.91 Å². The van der Waals surface area contributed by atoms with Crippen LogP contribution in [0, 0.1) is 0 Å². The Kier molecular flexibility index (Phi) is 6.60. The molecule has 0 aliphatic heterocycles. The molecule has 0 aliphatic rings. The minimum absolute atomic E-state index is 0.0449. The maximum Gasteiger partial charge on any atom is 0.308 e. The molecule has 2 aromatic rings. The summed E-state index contributed by atoms with van der Waals surface area (Å²) >= 11 is 12.2. The first-order valence-corrected chi connectivity index (χ1v) is 8.35. The van der Waals surface area contributed by atoms with Crippen molar-refractivity contribution in [1.29, 1.82) is 0 Å². The molecule has 0 unspecified atom stereocenters. The van der Waals surface area contributed by atoms with Gasteiger partial charge in [-0.15, -0.1) is 0 Å². The second-order valence-corrected chi connectivity index (χ2v) is 6.27. The molecule has 0 aliphatic carbocycles. The van der Waals surface area contributed by atoms with E-state index in [4.69, 9.17) is 33.7 Å². The van der Waals surface area contributed by atoms with E-state index in [1.807, 2.05) is 0 Å². The molecule has 0 saturated carbocycles. The Balaban J connectivity index is 2.18. The summed E-state index contributed by atoms with van der Waals surface area (Å²) in [6, 6.07) is 9.91. The molecule has 0 spiro atoms. The summed E-state index contributed by atoms with van der Waals surface area (Å²) in [6.07, 6.45) is 0.0449. The van der Waals surface area contributed by atoms with E-state index in [0.29, 0.717) is 15.6 Å². The number of hydrogen-bond donors (Lipinski definition) is 2. The van der Waals surface area contributed by atoms with Gasteiger partial charge in [-0.05, 0) is 35.9 Å². The minimum Gasteiger partial charge on any atom is -0.427 e. The minimum atomic E-state index is -1.02. The molecule has 2 aromatic carbocycles. The van der Waals surface area contributed by atoms with Crippen molar-refractivity contribution in [1.82, 2.24) is 5.32 Å². The second kappa shape index (κ2) is 8.69. The number of ether oxygens (including phenoxy) is 1. The number of carbonyl (C=O) groups excluding carboxylic acids is 3. The summed E-state index contributed by atoms with van der Waals surface area (Å²) in [5.41, 5.74) is 6.11. The molecule has 0 heterocycles. The summed E-state index contributed by atoms with van der Waals surface area (Å²) in [6.45, 7) is 1.25. The van der Waals surface area contributed by atoms with Gasteiger partial charge in [0.1, 0.15) is 11.8 Å². The highest BCUT2D eigenvalue weighted by Crippen LogP contribution is 2.25. The number of hydrogen-bond acceptors (Lipinski definition) is 4. The van der Waals surface area contributed by atoms with E-state index >= 15 is 0 Å². The van der Waals surface area contributed by atoms with Crippen molar-refractivity contribution in [3.8, 4) is 5.75 Å². The van der Waals surface area contributed by atoms with Gasteiger partial charge in [-0.2, -0.15) is 0 Å². The van der Waals surface area contributed by atoms with Crippen LogP contribution in [-0.4, -0.2) is 23.8 Å². The first-order chi connectivity index (χ1) is 12.3. The molecule has 2 amide bonds. The van der Waals surface area contributed by atoms with Crippen LogP contribution in [0.4, 0.5) is 0 Å². The van der Waals surface area contributed by atoms with Gasteiger partial charge in [-0.3, -0.25) is 14.4 Å². The monoisotopic (exact) mass is 394 g/mol. The summed E-state index contributed by atoms with van der Waals surface area (Å²) in [5.74, 6) is -1.57. The van der Waals surface area contributed by atoms with Crippen molar-refractivity contribution < 1.29 is 19.1 Å². The maximum atomic E-state index is 12.4. The Hall–Kier alpha value is -2.57. The van der Waals surface area contributed by atoms with Crippen molar-refractivity contribution in [2.24, 2.45) is 5.73 Å². The van der Waals surface area contributed by atoms with Crippen LogP contribution in [-0.2, 0) is 16.0 Å². The topological polar surface area (TPSA) is 98.5 Å². The summed E-state index contributed by atoms with van der Waals surface area (Å²) in [7, 11) is 0. The van der Waals surface area contributed by atoms with E-state index < -0.39 is 23.8 Å². The van der Waals surface area contributed by atoms with E-state index in [9.17, 15) is 14.4 Å². The number of carbonyl (C=O) groups is 3. The van der Waals surface area contributed by atoms with Crippen molar-refractivity contribution in [2.75, 3.05) is 0 Å². The zero-order valence-electron chi connectivity index (χ0n) is 13.8. The number of esters is 1. The zero-order chi connectivity index (χ0) is 19.3. The fourth-order valence-electron chi connectivity index (χ4n) is 2.26. The van der Waals surface area contributed by atoms with Crippen LogP contribution in [0.3, 0.4) is 0 Å². The molecule has 3 N–H and O–H groups in total. The van der Waals surface area contributed by atoms with Crippen LogP contribution >= 0.6 is 23.2 Å². The highest BCUT2D eigenvalue weighted by Gasteiger charge is 2.22. The third-order valence-corrected chi connectivity index (χ3v) is 4.18. The van der Waals surface area contributed by atoms with Gasteiger partial charge in [0.2, 0.25) is 5.91 Å². The van der Waals surface area contributed by atoms with Crippen LogP contribution in [0.15, 0.2) is 42.5 Å². The first-order valence-electron chi connectivity index (χ1n) is 7.59. The Morgan fingerprint density at radius 3 is 2.31 bits per heavy atom. The van der Waals surface area contributed by atoms with Gasteiger partial charge in [0.05, 0.1) is 0 Å². The molecular weight excluding hydrogens is 379 g/mol. The highest BCUT2D eigenvalue weighted by atomic mass is 35.5. The number of nitrogens with two attached hydrogens (primary N) is 1. The van der Waals surface area contributed by atoms with E-state index in [1.54, 1.807) is 24.3 Å². The molecule has 1 atom stereocenters. The Bertz CT molecular complexity index is 835. The highest BCUT2D eigenvalue weighted by molar-refractivity contribution is 6.36. The van der Waals surface area contributed by atoms with Gasteiger partial charge < -0.3 is 15.8 Å². The van der Waals surface area contributed by atoms with Crippen LogP contribution in [0.1, 0.15) is 22.8 Å². The molecule has 6 nitrogen and oxygen atoms in total. The fourth-order valence-corrected chi connectivity index (χ4v) is 2.81. The van der Waals surface area contributed by atoms with Gasteiger partial charge >= 0.3 is 5.97 Å². The maximum absolute atomic E-state index is 12.4. The van der Waals surface area contributed by atoms with Crippen molar-refractivity contribution in [2.45, 2.75) is 19.4 Å². The zero-order valence-corrected chi connectivity index (χ0v) is 15.3. The van der Waals surface area contributed by atoms with E-state index in [-0.39, 0.29) is 17.7 Å². The van der Waals surface area contributed by atoms with Crippen molar-refractivity contribution in [3.63, 3.8) is 0 Å². The standard InChI is InChI=1S/C18H16Cl2N2O4/c1-10(23)26-12-5-2-4-11(8-12)18(25)22-16(17(21)24)9-13-14(19)6-3-7-15(13)20/h2-8,16H,9H2,1H3,(H2,21,24)(H,22,25)/t16-/m0/s1. The summed E-state index contributed by atoms with van der Waals surface area (Å²) in [5, 5.41) is 3.29. The number of amides is 2. The quantitative estimate of drug-likeness (QED) is 0.581. The molecule has 8 heteroatoms. The van der Waals surface area contributed by atoms with E-state index in [0.717, 1.165) is 0 Å². The Morgan fingerprint density at radius 2 is 1.73 bits per heavy atom. The molecule has 0 saturated heterocycles. The van der Waals surface area contributed by atoms with Crippen molar-refractivity contribution >= 4 is 41.0 Å².